The summed E-state index contributed by atoms with van der Waals surface area (Å²) >= 11 is 0. The molecule has 0 atom stereocenters. The molecule has 2 aromatic carbocycles. The van der Waals surface area contributed by atoms with E-state index in [0.717, 1.165) is 32.5 Å². The number of carbonyl (C=O) groups is 1. The van der Waals surface area contributed by atoms with Crippen molar-refractivity contribution in [3.8, 4) is 17.3 Å². The Bertz CT molecular complexity index is 1280. The second-order valence-electron chi connectivity index (χ2n) is 7.23. The maximum Gasteiger partial charge on any atom is 0.352 e. The number of nitrogens with zero attached hydrogens (tertiary/aromatic N) is 4. The first-order valence-corrected chi connectivity index (χ1v) is 9.76. The van der Waals surface area contributed by atoms with Crippen LogP contribution in [-0.2, 0) is 17.8 Å². The maximum absolute atomic E-state index is 13.2. The zero-order valence-electron chi connectivity index (χ0n) is 17.5. The van der Waals surface area contributed by atoms with Crippen LogP contribution >= 0.6 is 0 Å². The molecule has 1 amide bonds. The normalized spacial score (nSPS) is 12.2. The summed E-state index contributed by atoms with van der Waals surface area (Å²) in [6, 6.07) is 12.4. The molecule has 0 saturated carbocycles. The number of benzene rings is 2. The second kappa shape index (κ2) is 8.10. The standard InChI is InChI=1S/C22H22N4O5/c1-14(27)24(2)17-5-4-6-18(12-17)26-22(29)25(21(28)20(23-26)30-3)13-15-7-8-19-16(11-15)9-10-31-19/h4-8,11-12H,9-10,13H2,1-3H3. The number of hydrogen-bond acceptors (Lipinski definition) is 6. The lowest BCUT2D eigenvalue weighted by Gasteiger charge is -2.17. The zero-order chi connectivity index (χ0) is 22.1. The Morgan fingerprint density at radius 3 is 2.77 bits per heavy atom. The molecule has 0 radical (unpaired) electrons. The Kier molecular flexibility index (Phi) is 5.33. The van der Waals surface area contributed by atoms with Crippen LogP contribution in [0.15, 0.2) is 52.1 Å². The lowest BCUT2D eigenvalue weighted by molar-refractivity contribution is -0.116. The fraction of sp³-hybridized carbons (Fsp3) is 0.273. The quantitative estimate of drug-likeness (QED) is 0.616. The molecule has 3 aromatic rings. The molecule has 1 aliphatic heterocycles. The first kappa shape index (κ1) is 20.4. The van der Waals surface area contributed by atoms with Crippen LogP contribution in [0.2, 0.25) is 0 Å². The van der Waals surface area contributed by atoms with Crippen molar-refractivity contribution < 1.29 is 14.3 Å². The van der Waals surface area contributed by atoms with Gasteiger partial charge in [0.15, 0.2) is 0 Å². The minimum atomic E-state index is -0.613. The summed E-state index contributed by atoms with van der Waals surface area (Å²) in [5, 5.41) is 4.09. The van der Waals surface area contributed by atoms with Crippen molar-refractivity contribution in [1.82, 2.24) is 14.3 Å². The molecule has 1 aromatic heterocycles. The van der Waals surface area contributed by atoms with Gasteiger partial charge in [0, 0.05) is 26.1 Å². The molecule has 1 aliphatic rings. The molecule has 2 heterocycles. The number of aromatic nitrogens is 3. The number of anilines is 1. The van der Waals surface area contributed by atoms with Gasteiger partial charge < -0.3 is 14.4 Å². The van der Waals surface area contributed by atoms with Gasteiger partial charge in [-0.05, 0) is 35.4 Å². The van der Waals surface area contributed by atoms with Gasteiger partial charge in [0.1, 0.15) is 5.75 Å². The van der Waals surface area contributed by atoms with Crippen molar-refractivity contribution >= 4 is 11.6 Å². The van der Waals surface area contributed by atoms with Gasteiger partial charge in [-0.2, -0.15) is 4.68 Å². The maximum atomic E-state index is 13.2. The molecule has 9 nitrogen and oxygen atoms in total. The fourth-order valence-electron chi connectivity index (χ4n) is 3.46. The molecular weight excluding hydrogens is 400 g/mol. The smallest absolute Gasteiger partial charge is 0.352 e. The van der Waals surface area contributed by atoms with E-state index in [0.29, 0.717) is 18.0 Å². The first-order valence-electron chi connectivity index (χ1n) is 9.76. The molecule has 0 saturated heterocycles. The van der Waals surface area contributed by atoms with Crippen molar-refractivity contribution in [3.63, 3.8) is 0 Å². The average molecular weight is 422 g/mol. The van der Waals surface area contributed by atoms with Gasteiger partial charge in [0.2, 0.25) is 5.91 Å². The average Bonchev–Trinajstić information content (AvgIpc) is 3.24. The molecular formula is C22H22N4O5. The Morgan fingerprint density at radius 1 is 1.23 bits per heavy atom. The van der Waals surface area contributed by atoms with E-state index < -0.39 is 11.2 Å². The van der Waals surface area contributed by atoms with Crippen LogP contribution in [-0.4, -0.2) is 41.0 Å². The molecule has 160 valence electrons. The largest absolute Gasteiger partial charge is 0.493 e. The minimum Gasteiger partial charge on any atom is -0.493 e. The van der Waals surface area contributed by atoms with E-state index in [1.54, 1.807) is 31.3 Å². The summed E-state index contributed by atoms with van der Waals surface area (Å²) in [5.74, 6) is 0.474. The minimum absolute atomic E-state index is 0.0663. The molecule has 31 heavy (non-hydrogen) atoms. The summed E-state index contributed by atoms with van der Waals surface area (Å²) in [6.07, 6.45) is 0.790. The van der Waals surface area contributed by atoms with Gasteiger partial charge in [-0.25, -0.2) is 9.36 Å². The summed E-state index contributed by atoms with van der Waals surface area (Å²) in [6.45, 7) is 2.14. The van der Waals surface area contributed by atoms with E-state index in [2.05, 4.69) is 5.10 Å². The molecule has 0 fully saturated rings. The third-order valence-electron chi connectivity index (χ3n) is 5.25. The van der Waals surface area contributed by atoms with Crippen molar-refractivity contribution in [2.75, 3.05) is 25.7 Å². The van der Waals surface area contributed by atoms with Crippen LogP contribution < -0.4 is 25.6 Å². The van der Waals surface area contributed by atoms with Crippen LogP contribution in [0.5, 0.6) is 11.6 Å². The number of hydrogen-bond donors (Lipinski definition) is 0. The Hall–Kier alpha value is -3.88. The predicted molar refractivity (Wildman–Crippen MR) is 114 cm³/mol. The summed E-state index contributed by atoms with van der Waals surface area (Å²) in [4.78, 5) is 39.2. The molecule has 0 aliphatic carbocycles. The van der Waals surface area contributed by atoms with Gasteiger partial charge >= 0.3 is 11.2 Å². The molecule has 0 bridgehead atoms. The number of amides is 1. The van der Waals surface area contributed by atoms with Crippen LogP contribution in [0.1, 0.15) is 18.1 Å². The second-order valence-corrected chi connectivity index (χ2v) is 7.23. The van der Waals surface area contributed by atoms with Crippen molar-refractivity contribution in [2.45, 2.75) is 19.9 Å². The van der Waals surface area contributed by atoms with E-state index in [1.165, 1.54) is 18.9 Å². The summed E-state index contributed by atoms with van der Waals surface area (Å²) in [5.41, 5.74) is 1.63. The van der Waals surface area contributed by atoms with Crippen LogP contribution in [0.4, 0.5) is 5.69 Å². The molecule has 4 rings (SSSR count). The Labute approximate surface area is 178 Å². The summed E-state index contributed by atoms with van der Waals surface area (Å²) < 4.78 is 12.9. The van der Waals surface area contributed by atoms with Gasteiger partial charge in [-0.15, -0.1) is 5.10 Å². The van der Waals surface area contributed by atoms with Crippen molar-refractivity contribution in [2.24, 2.45) is 0 Å². The van der Waals surface area contributed by atoms with E-state index in [9.17, 15) is 14.4 Å². The lowest BCUT2D eigenvalue weighted by atomic mass is 10.1. The van der Waals surface area contributed by atoms with Crippen LogP contribution in [0.25, 0.3) is 5.69 Å². The fourth-order valence-corrected chi connectivity index (χ4v) is 3.46. The van der Waals surface area contributed by atoms with Gasteiger partial charge in [-0.3, -0.25) is 9.59 Å². The number of methoxy groups -OCH3 is 1. The van der Waals surface area contributed by atoms with Gasteiger partial charge in [0.25, 0.3) is 5.88 Å². The monoisotopic (exact) mass is 422 g/mol. The predicted octanol–water partition coefficient (Wildman–Crippen LogP) is 1.37. The SMILES string of the molecule is COc1nn(-c2cccc(N(C)C(C)=O)c2)c(=O)n(Cc2ccc3c(c2)CCO3)c1=O. The highest BCUT2D eigenvalue weighted by Crippen LogP contribution is 2.26. The van der Waals surface area contributed by atoms with Crippen LogP contribution in [0.3, 0.4) is 0 Å². The lowest BCUT2D eigenvalue weighted by Crippen LogP contribution is -2.41. The number of ether oxygens (including phenoxy) is 2. The number of rotatable bonds is 5. The number of carbonyl (C=O) groups excluding carboxylic acids is 1. The Morgan fingerprint density at radius 2 is 2.03 bits per heavy atom. The van der Waals surface area contributed by atoms with E-state index >= 15 is 0 Å². The van der Waals surface area contributed by atoms with E-state index in [4.69, 9.17) is 9.47 Å². The van der Waals surface area contributed by atoms with Crippen molar-refractivity contribution in [3.05, 3.63) is 74.4 Å². The molecule has 0 unspecified atom stereocenters. The Balaban J connectivity index is 1.81. The summed E-state index contributed by atoms with van der Waals surface area (Å²) in [7, 11) is 2.96. The molecule has 0 N–H and O–H groups in total. The van der Waals surface area contributed by atoms with Gasteiger partial charge in [0.05, 0.1) is 25.9 Å². The highest BCUT2D eigenvalue weighted by atomic mass is 16.5. The topological polar surface area (TPSA) is 95.7 Å². The van der Waals surface area contributed by atoms with E-state index in [-0.39, 0.29) is 18.3 Å². The van der Waals surface area contributed by atoms with E-state index in [1.807, 2.05) is 18.2 Å². The number of fused-ring (bicyclic) bond motifs is 1. The third kappa shape index (κ3) is 3.81. The highest BCUT2D eigenvalue weighted by molar-refractivity contribution is 5.91. The zero-order valence-corrected chi connectivity index (χ0v) is 17.5. The molecule has 9 heteroatoms. The first-order chi connectivity index (χ1) is 14.9. The van der Waals surface area contributed by atoms with Crippen molar-refractivity contribution in [1.29, 1.82) is 0 Å². The highest BCUT2D eigenvalue weighted by Gasteiger charge is 2.18. The van der Waals surface area contributed by atoms with Gasteiger partial charge in [-0.1, -0.05) is 18.2 Å². The van der Waals surface area contributed by atoms with Crippen LogP contribution in [0, 0.1) is 0 Å². The molecule has 0 spiro atoms. The third-order valence-corrected chi connectivity index (χ3v) is 5.25.